The maximum Gasteiger partial charge on any atom is 0.241 e. The number of aryl methyl sites for hydroxylation is 2. The monoisotopic (exact) mass is 407 g/mol. The maximum atomic E-state index is 13.2. The van der Waals surface area contributed by atoms with Crippen LogP contribution in [0.5, 0.6) is 5.75 Å². The van der Waals surface area contributed by atoms with Crippen LogP contribution in [0.15, 0.2) is 27.6 Å². The zero-order valence-corrected chi connectivity index (χ0v) is 17.8. The molecule has 0 unspecified atom stereocenters. The lowest BCUT2D eigenvalue weighted by Gasteiger charge is -2.30. The minimum atomic E-state index is -3.77. The van der Waals surface area contributed by atoms with E-state index in [0.29, 0.717) is 30.3 Å². The molecule has 1 fully saturated rings. The van der Waals surface area contributed by atoms with Gasteiger partial charge >= 0.3 is 0 Å². The molecule has 0 saturated heterocycles. The third-order valence-corrected chi connectivity index (χ3v) is 6.60. The quantitative estimate of drug-likeness (QED) is 0.727. The number of hydrogen-bond acceptors (Lipinski definition) is 6. The number of nitrogens with one attached hydrogen (secondary N) is 1. The predicted octanol–water partition coefficient (Wildman–Crippen LogP) is 4.00. The molecule has 0 radical (unpaired) electrons. The van der Waals surface area contributed by atoms with Gasteiger partial charge < -0.3 is 9.26 Å². The highest BCUT2D eigenvalue weighted by atomic mass is 32.2. The summed E-state index contributed by atoms with van der Waals surface area (Å²) in [6.07, 6.45) is 5.29. The van der Waals surface area contributed by atoms with Gasteiger partial charge in [0.1, 0.15) is 5.75 Å². The highest BCUT2D eigenvalue weighted by Gasteiger charge is 2.41. The molecule has 7 nitrogen and oxygen atoms in total. The Labute approximate surface area is 166 Å². The summed E-state index contributed by atoms with van der Waals surface area (Å²) in [4.78, 5) is 4.58. The van der Waals surface area contributed by atoms with Crippen molar-refractivity contribution in [1.29, 1.82) is 0 Å². The van der Waals surface area contributed by atoms with E-state index >= 15 is 0 Å². The highest BCUT2D eigenvalue weighted by molar-refractivity contribution is 7.89. The Bertz CT molecular complexity index is 913. The summed E-state index contributed by atoms with van der Waals surface area (Å²) in [5.74, 6) is 1.54. The van der Waals surface area contributed by atoms with Gasteiger partial charge in [-0.1, -0.05) is 30.8 Å². The van der Waals surface area contributed by atoms with E-state index in [1.807, 2.05) is 20.8 Å². The Morgan fingerprint density at radius 2 is 1.82 bits per heavy atom. The van der Waals surface area contributed by atoms with Gasteiger partial charge in [-0.3, -0.25) is 0 Å². The molecule has 1 aromatic heterocycles. The van der Waals surface area contributed by atoms with E-state index in [-0.39, 0.29) is 11.0 Å². The first-order valence-electron chi connectivity index (χ1n) is 9.84. The first-order chi connectivity index (χ1) is 13.2. The van der Waals surface area contributed by atoms with Crippen LogP contribution in [0.2, 0.25) is 0 Å². The van der Waals surface area contributed by atoms with Crippen molar-refractivity contribution >= 4 is 10.0 Å². The predicted molar refractivity (Wildman–Crippen MR) is 106 cm³/mol. The normalized spacial score (nSPS) is 17.5. The molecule has 0 amide bonds. The fraction of sp³-hybridized carbons (Fsp3) is 0.600. The number of rotatable bonds is 6. The van der Waals surface area contributed by atoms with Crippen LogP contribution in [0.4, 0.5) is 0 Å². The average molecular weight is 408 g/mol. The molecule has 0 atom stereocenters. The summed E-state index contributed by atoms with van der Waals surface area (Å²) >= 11 is 0. The number of sulfonamides is 1. The van der Waals surface area contributed by atoms with Gasteiger partial charge in [-0.2, -0.15) is 9.71 Å². The first-order valence-corrected chi connectivity index (χ1v) is 11.3. The lowest BCUT2D eigenvalue weighted by Crippen LogP contribution is -2.46. The lowest BCUT2D eigenvalue weighted by molar-refractivity contribution is 0.240. The molecular formula is C20H29N3O4S. The summed E-state index contributed by atoms with van der Waals surface area (Å²) in [6.45, 7) is 7.44. The van der Waals surface area contributed by atoms with E-state index < -0.39 is 15.6 Å². The van der Waals surface area contributed by atoms with Crippen molar-refractivity contribution in [1.82, 2.24) is 14.9 Å². The van der Waals surface area contributed by atoms with Crippen molar-refractivity contribution in [2.45, 2.75) is 82.8 Å². The Morgan fingerprint density at radius 1 is 1.14 bits per heavy atom. The summed E-state index contributed by atoms with van der Waals surface area (Å²) in [6, 6.07) is 4.94. The maximum absolute atomic E-state index is 13.2. The van der Waals surface area contributed by atoms with Crippen molar-refractivity contribution in [3.05, 3.63) is 35.5 Å². The second-order valence-corrected chi connectivity index (χ2v) is 9.52. The Morgan fingerprint density at radius 3 is 2.36 bits per heavy atom. The molecule has 28 heavy (non-hydrogen) atoms. The van der Waals surface area contributed by atoms with Crippen LogP contribution >= 0.6 is 0 Å². The average Bonchev–Trinajstić information content (AvgIpc) is 2.92. The largest absolute Gasteiger partial charge is 0.491 e. The van der Waals surface area contributed by atoms with Crippen LogP contribution in [-0.4, -0.2) is 24.7 Å². The Balaban J connectivity index is 1.94. The minimum Gasteiger partial charge on any atom is -0.491 e. The number of hydrogen-bond donors (Lipinski definition) is 1. The van der Waals surface area contributed by atoms with Gasteiger partial charge in [0.15, 0.2) is 5.82 Å². The van der Waals surface area contributed by atoms with Gasteiger partial charge in [0, 0.05) is 6.92 Å². The molecular weight excluding hydrogens is 378 g/mol. The third-order valence-electron chi connectivity index (χ3n) is 5.06. The first kappa shape index (κ1) is 20.8. The van der Waals surface area contributed by atoms with Crippen LogP contribution in [0, 0.1) is 13.8 Å². The Hall–Kier alpha value is -1.93. The number of ether oxygens (including phenoxy) is 1. The van der Waals surface area contributed by atoms with E-state index in [1.54, 1.807) is 25.1 Å². The summed E-state index contributed by atoms with van der Waals surface area (Å²) in [7, 11) is -3.77. The van der Waals surface area contributed by atoms with Crippen molar-refractivity contribution in [2.24, 2.45) is 0 Å². The van der Waals surface area contributed by atoms with Gasteiger partial charge in [-0.05, 0) is 57.4 Å². The molecule has 154 valence electrons. The van der Waals surface area contributed by atoms with E-state index in [1.165, 1.54) is 0 Å². The molecule has 1 N–H and O–H groups in total. The fourth-order valence-electron chi connectivity index (χ4n) is 3.69. The van der Waals surface area contributed by atoms with E-state index in [4.69, 9.17) is 9.26 Å². The van der Waals surface area contributed by atoms with Gasteiger partial charge in [-0.25, -0.2) is 8.42 Å². The van der Waals surface area contributed by atoms with Crippen LogP contribution in [0.25, 0.3) is 0 Å². The van der Waals surface area contributed by atoms with E-state index in [9.17, 15) is 8.42 Å². The molecule has 3 rings (SSSR count). The van der Waals surface area contributed by atoms with Crippen LogP contribution < -0.4 is 9.46 Å². The zero-order valence-electron chi connectivity index (χ0n) is 17.0. The molecule has 8 heteroatoms. The van der Waals surface area contributed by atoms with Crippen molar-refractivity contribution < 1.29 is 17.7 Å². The van der Waals surface area contributed by atoms with Gasteiger partial charge in [0.25, 0.3) is 0 Å². The zero-order chi connectivity index (χ0) is 20.4. The molecule has 2 aromatic rings. The summed E-state index contributed by atoms with van der Waals surface area (Å²) < 4.78 is 40.3. The molecule has 0 bridgehead atoms. The highest BCUT2D eigenvalue weighted by Crippen LogP contribution is 2.36. The van der Waals surface area contributed by atoms with Crippen molar-refractivity contribution in [3.63, 3.8) is 0 Å². The molecule has 1 aromatic carbocycles. The number of aromatic nitrogens is 2. The summed E-state index contributed by atoms with van der Waals surface area (Å²) in [5.41, 5.74) is -0.0597. The molecule has 1 aliphatic rings. The van der Waals surface area contributed by atoms with Gasteiger partial charge in [0.2, 0.25) is 15.9 Å². The van der Waals surface area contributed by atoms with Crippen LogP contribution in [0.3, 0.4) is 0 Å². The second kappa shape index (κ2) is 8.21. The van der Waals surface area contributed by atoms with E-state index in [2.05, 4.69) is 14.9 Å². The van der Waals surface area contributed by atoms with Gasteiger partial charge in [0.05, 0.1) is 16.5 Å². The van der Waals surface area contributed by atoms with E-state index in [0.717, 1.165) is 31.2 Å². The van der Waals surface area contributed by atoms with Crippen molar-refractivity contribution in [2.75, 3.05) is 0 Å². The second-order valence-electron chi connectivity index (χ2n) is 7.83. The standard InChI is InChI=1S/C20H29N3O4S/c1-14(2)26-18-10-9-17(13-15(18)3)28(24,25)23-20(11-7-5-6-8-12-20)19-21-16(4)27-22-19/h9-10,13-14,23H,5-8,11-12H2,1-4H3. The summed E-state index contributed by atoms with van der Waals surface area (Å²) in [5, 5.41) is 4.06. The minimum absolute atomic E-state index is 0.0232. The molecule has 1 saturated carbocycles. The van der Waals surface area contributed by atoms with Crippen molar-refractivity contribution in [3.8, 4) is 5.75 Å². The SMILES string of the molecule is Cc1nc(C2(NS(=O)(=O)c3ccc(OC(C)C)c(C)c3)CCCCCC2)no1. The third kappa shape index (κ3) is 4.55. The molecule has 1 heterocycles. The topological polar surface area (TPSA) is 94.3 Å². The number of nitrogens with zero attached hydrogens (tertiary/aromatic N) is 2. The molecule has 0 spiro atoms. The lowest BCUT2D eigenvalue weighted by atomic mass is 9.91. The number of benzene rings is 1. The molecule has 0 aliphatic heterocycles. The Kier molecular flexibility index (Phi) is 6.09. The van der Waals surface area contributed by atoms with Crippen LogP contribution in [-0.2, 0) is 15.6 Å². The van der Waals surface area contributed by atoms with Gasteiger partial charge in [-0.15, -0.1) is 0 Å². The van der Waals surface area contributed by atoms with Crippen LogP contribution in [0.1, 0.15) is 69.7 Å². The fourth-order valence-corrected chi connectivity index (χ4v) is 5.20. The molecule has 1 aliphatic carbocycles. The smallest absolute Gasteiger partial charge is 0.241 e.